The molecule has 1 rings (SSSR count). The van der Waals surface area contributed by atoms with Crippen LogP contribution in [0.25, 0.3) is 0 Å². The van der Waals surface area contributed by atoms with E-state index in [9.17, 15) is 9.90 Å². The van der Waals surface area contributed by atoms with Crippen LogP contribution < -0.4 is 5.11 Å². The lowest BCUT2D eigenvalue weighted by molar-refractivity contribution is -0.255. The molecular weight excluding hydrogens is 178 g/mol. The smallest absolute Gasteiger partial charge is 0.0766 e. The Kier molecular flexibility index (Phi) is 2.57. The average molecular weight is 188 g/mol. The van der Waals surface area contributed by atoms with Gasteiger partial charge in [-0.15, -0.1) is 0 Å². The number of nitrogens with zero attached hydrogens (tertiary/aromatic N) is 1. The summed E-state index contributed by atoms with van der Waals surface area (Å²) in [6.07, 6.45) is 0. The summed E-state index contributed by atoms with van der Waals surface area (Å²) in [4.78, 5) is 10.6. The summed E-state index contributed by atoms with van der Waals surface area (Å²) >= 11 is 0. The first-order valence-electron chi connectivity index (χ1n) is 4.20. The molecule has 1 aromatic carbocycles. The van der Waals surface area contributed by atoms with Crippen molar-refractivity contribution in [2.24, 2.45) is 0 Å². The number of aromatic carboxylic acids is 1. The van der Waals surface area contributed by atoms with Gasteiger partial charge in [-0.2, -0.15) is 5.26 Å². The van der Waals surface area contributed by atoms with Crippen LogP contribution in [0.3, 0.4) is 0 Å². The van der Waals surface area contributed by atoms with Crippen LogP contribution in [0.15, 0.2) is 24.3 Å². The molecule has 0 N–H and O–H groups in total. The molecule has 0 heterocycles. The Hall–Kier alpha value is -1.82. The zero-order valence-electron chi connectivity index (χ0n) is 8.07. The van der Waals surface area contributed by atoms with Crippen LogP contribution in [0, 0.1) is 11.3 Å². The Labute approximate surface area is 82.6 Å². The first-order chi connectivity index (χ1) is 6.47. The van der Waals surface area contributed by atoms with Gasteiger partial charge in [0.2, 0.25) is 0 Å². The van der Waals surface area contributed by atoms with E-state index in [-0.39, 0.29) is 5.56 Å². The minimum absolute atomic E-state index is 0.103. The number of benzene rings is 1. The Morgan fingerprint density at radius 2 is 2.14 bits per heavy atom. The molecule has 0 radical (unpaired) electrons. The molecule has 0 spiro atoms. The Bertz CT molecular complexity index is 402. The molecule has 0 fully saturated rings. The van der Waals surface area contributed by atoms with Crippen molar-refractivity contribution in [3.8, 4) is 6.07 Å². The summed E-state index contributed by atoms with van der Waals surface area (Å²) in [5.41, 5.74) is 0.110. The molecule has 0 bridgehead atoms. The van der Waals surface area contributed by atoms with Crippen molar-refractivity contribution in [1.29, 1.82) is 5.26 Å². The Balaban J connectivity index is 3.20. The number of carbonyl (C=O) groups is 1. The molecule has 72 valence electrons. The summed E-state index contributed by atoms with van der Waals surface area (Å²) in [5.74, 6) is -1.22. The van der Waals surface area contributed by atoms with Gasteiger partial charge in [0.15, 0.2) is 0 Å². The molecule has 0 aliphatic heterocycles. The number of nitriles is 1. The molecule has 1 aromatic rings. The fourth-order valence-corrected chi connectivity index (χ4v) is 1.10. The van der Waals surface area contributed by atoms with Gasteiger partial charge in [0, 0.05) is 0 Å². The third kappa shape index (κ3) is 1.91. The molecular formula is C11H10NO2-. The highest BCUT2D eigenvalue weighted by Crippen LogP contribution is 2.22. The first-order valence-corrected chi connectivity index (χ1v) is 4.20. The van der Waals surface area contributed by atoms with Crippen molar-refractivity contribution in [1.82, 2.24) is 0 Å². The minimum atomic E-state index is -1.22. The van der Waals surface area contributed by atoms with Crippen molar-refractivity contribution in [3.05, 3.63) is 35.4 Å². The van der Waals surface area contributed by atoms with Crippen molar-refractivity contribution in [2.75, 3.05) is 0 Å². The zero-order valence-corrected chi connectivity index (χ0v) is 8.07. The van der Waals surface area contributed by atoms with Crippen LogP contribution in [0.5, 0.6) is 0 Å². The number of carbonyl (C=O) groups excluding carboxylic acids is 1. The van der Waals surface area contributed by atoms with E-state index in [1.165, 1.54) is 12.1 Å². The Morgan fingerprint density at radius 3 is 2.64 bits per heavy atom. The zero-order chi connectivity index (χ0) is 10.8. The molecule has 0 saturated carbocycles. The molecule has 14 heavy (non-hydrogen) atoms. The van der Waals surface area contributed by atoms with E-state index in [0.717, 1.165) is 0 Å². The lowest BCUT2D eigenvalue weighted by atomic mass is 9.85. The third-order valence-corrected chi connectivity index (χ3v) is 2.10. The van der Waals surface area contributed by atoms with Gasteiger partial charge in [0.05, 0.1) is 17.5 Å². The quantitative estimate of drug-likeness (QED) is 0.691. The van der Waals surface area contributed by atoms with Crippen molar-refractivity contribution >= 4 is 5.97 Å². The van der Waals surface area contributed by atoms with Gasteiger partial charge in [-0.3, -0.25) is 0 Å². The van der Waals surface area contributed by atoms with E-state index in [1.54, 1.807) is 26.0 Å². The summed E-state index contributed by atoms with van der Waals surface area (Å²) in [5, 5.41) is 19.4. The van der Waals surface area contributed by atoms with Crippen molar-refractivity contribution in [2.45, 2.75) is 19.3 Å². The van der Waals surface area contributed by atoms with Crippen LogP contribution in [0.2, 0.25) is 0 Å². The maximum absolute atomic E-state index is 10.6. The lowest BCUT2D eigenvalue weighted by Crippen LogP contribution is -2.23. The normalized spacial score (nSPS) is 10.6. The standard InChI is InChI=1S/C11H11NO2/c1-11(2,7-12)9-5-3-4-8(6-9)10(13)14/h3-6H,1-2H3,(H,13,14)/p-1. The number of hydrogen-bond acceptors (Lipinski definition) is 3. The van der Waals surface area contributed by atoms with E-state index in [0.29, 0.717) is 5.56 Å². The highest BCUT2D eigenvalue weighted by atomic mass is 16.4. The van der Waals surface area contributed by atoms with Gasteiger partial charge in [-0.1, -0.05) is 18.2 Å². The lowest BCUT2D eigenvalue weighted by Gasteiger charge is -2.16. The fourth-order valence-electron chi connectivity index (χ4n) is 1.10. The number of carboxylic acid groups (broad SMARTS) is 1. The molecule has 0 aliphatic rings. The maximum Gasteiger partial charge on any atom is 0.0766 e. The molecule has 0 unspecified atom stereocenters. The van der Waals surface area contributed by atoms with E-state index >= 15 is 0 Å². The topological polar surface area (TPSA) is 63.9 Å². The van der Waals surface area contributed by atoms with Gasteiger partial charge in [0.1, 0.15) is 0 Å². The Morgan fingerprint density at radius 1 is 1.50 bits per heavy atom. The van der Waals surface area contributed by atoms with E-state index in [1.807, 2.05) is 0 Å². The first kappa shape index (κ1) is 10.3. The van der Waals surface area contributed by atoms with E-state index in [4.69, 9.17) is 5.26 Å². The van der Waals surface area contributed by atoms with E-state index < -0.39 is 11.4 Å². The number of rotatable bonds is 2. The molecule has 3 heteroatoms. The fraction of sp³-hybridized carbons (Fsp3) is 0.273. The predicted octanol–water partition coefficient (Wildman–Crippen LogP) is 0.851. The highest BCUT2D eigenvalue weighted by Gasteiger charge is 2.19. The molecule has 0 atom stereocenters. The van der Waals surface area contributed by atoms with Crippen molar-refractivity contribution in [3.63, 3.8) is 0 Å². The second-order valence-corrected chi connectivity index (χ2v) is 3.61. The van der Waals surface area contributed by atoms with Crippen molar-refractivity contribution < 1.29 is 9.90 Å². The van der Waals surface area contributed by atoms with Crippen LogP contribution in [-0.2, 0) is 5.41 Å². The third-order valence-electron chi connectivity index (χ3n) is 2.10. The van der Waals surface area contributed by atoms with Gasteiger partial charge < -0.3 is 9.90 Å². The second-order valence-electron chi connectivity index (χ2n) is 3.61. The minimum Gasteiger partial charge on any atom is -0.545 e. The van der Waals surface area contributed by atoms with Crippen LogP contribution in [0.4, 0.5) is 0 Å². The van der Waals surface area contributed by atoms with E-state index in [2.05, 4.69) is 6.07 Å². The summed E-state index contributed by atoms with van der Waals surface area (Å²) < 4.78 is 0. The van der Waals surface area contributed by atoms with Crippen LogP contribution in [-0.4, -0.2) is 5.97 Å². The molecule has 0 aromatic heterocycles. The molecule has 0 aliphatic carbocycles. The predicted molar refractivity (Wildman–Crippen MR) is 49.4 cm³/mol. The molecule has 0 amide bonds. The largest absolute Gasteiger partial charge is 0.545 e. The SMILES string of the molecule is CC(C)(C#N)c1cccc(C(=O)[O-])c1. The number of carboxylic acids is 1. The molecule has 3 nitrogen and oxygen atoms in total. The monoisotopic (exact) mass is 188 g/mol. The van der Waals surface area contributed by atoms with Gasteiger partial charge in [-0.05, 0) is 31.0 Å². The summed E-state index contributed by atoms with van der Waals surface area (Å²) in [7, 11) is 0. The highest BCUT2D eigenvalue weighted by molar-refractivity contribution is 5.86. The van der Waals surface area contributed by atoms with Crippen LogP contribution in [0.1, 0.15) is 29.8 Å². The maximum atomic E-state index is 10.6. The van der Waals surface area contributed by atoms with Gasteiger partial charge in [-0.25, -0.2) is 0 Å². The second kappa shape index (κ2) is 3.51. The molecule has 0 saturated heterocycles. The number of hydrogen-bond donors (Lipinski definition) is 0. The average Bonchev–Trinajstić information content (AvgIpc) is 2.18. The van der Waals surface area contributed by atoms with Gasteiger partial charge in [0.25, 0.3) is 0 Å². The van der Waals surface area contributed by atoms with Crippen LogP contribution >= 0.6 is 0 Å². The summed E-state index contributed by atoms with van der Waals surface area (Å²) in [6, 6.07) is 8.37. The summed E-state index contributed by atoms with van der Waals surface area (Å²) in [6.45, 7) is 3.47. The van der Waals surface area contributed by atoms with Gasteiger partial charge >= 0.3 is 0 Å².